The van der Waals surface area contributed by atoms with E-state index < -0.39 is 41.9 Å². The summed E-state index contributed by atoms with van der Waals surface area (Å²) in [7, 11) is 0. The summed E-state index contributed by atoms with van der Waals surface area (Å²) in [6.45, 7) is 8.35. The first-order valence-electron chi connectivity index (χ1n) is 10.9. The molecule has 13 heteroatoms. The molecule has 0 aromatic carbocycles. The standard InChI is InChI=1S/C22H29N5O8/c1-10(2)20(31)26-14-7-27(19-16(14)18(23)24-9-25-19)21-22(6,35-13(5)30)17(33-12(4)29)15(34-21)8-32-11(3)28/h7,9-10,15,17,21H,8H2,1-6H3,(H,26,31)(H2,23,24,25)/t15-,17-,21-,22-/m1/s1. The van der Waals surface area contributed by atoms with E-state index in [-0.39, 0.29) is 29.9 Å². The predicted octanol–water partition coefficient (Wildman–Crippen LogP) is 1.32. The molecule has 0 bridgehead atoms. The fourth-order valence-electron chi connectivity index (χ4n) is 4.00. The van der Waals surface area contributed by atoms with Crippen molar-refractivity contribution >= 4 is 46.4 Å². The molecule has 190 valence electrons. The molecule has 1 saturated heterocycles. The van der Waals surface area contributed by atoms with Gasteiger partial charge in [-0.25, -0.2) is 9.97 Å². The van der Waals surface area contributed by atoms with Crippen molar-refractivity contribution in [3.8, 4) is 0 Å². The first-order valence-corrected chi connectivity index (χ1v) is 10.9. The topological polar surface area (TPSA) is 174 Å². The van der Waals surface area contributed by atoms with Crippen LogP contribution in [0.15, 0.2) is 12.5 Å². The third-order valence-corrected chi connectivity index (χ3v) is 5.48. The van der Waals surface area contributed by atoms with E-state index in [1.165, 1.54) is 44.8 Å². The van der Waals surface area contributed by atoms with Crippen LogP contribution in [0, 0.1) is 5.92 Å². The summed E-state index contributed by atoms with van der Waals surface area (Å²) in [5, 5.41) is 3.14. The van der Waals surface area contributed by atoms with E-state index in [4.69, 9.17) is 24.7 Å². The Kier molecular flexibility index (Phi) is 7.29. The molecule has 3 heterocycles. The lowest BCUT2D eigenvalue weighted by Crippen LogP contribution is -2.50. The molecule has 1 aliphatic rings. The van der Waals surface area contributed by atoms with E-state index in [2.05, 4.69) is 15.3 Å². The normalized spacial score (nSPS) is 23.8. The molecule has 35 heavy (non-hydrogen) atoms. The molecule has 13 nitrogen and oxygen atoms in total. The fraction of sp³-hybridized carbons (Fsp3) is 0.545. The van der Waals surface area contributed by atoms with Gasteiger partial charge in [-0.15, -0.1) is 0 Å². The van der Waals surface area contributed by atoms with Crippen LogP contribution in [-0.4, -0.2) is 62.8 Å². The highest BCUT2D eigenvalue weighted by Gasteiger charge is 2.60. The van der Waals surface area contributed by atoms with Crippen LogP contribution < -0.4 is 11.1 Å². The van der Waals surface area contributed by atoms with Gasteiger partial charge in [0, 0.05) is 32.9 Å². The van der Waals surface area contributed by atoms with Crippen LogP contribution in [0.3, 0.4) is 0 Å². The summed E-state index contributed by atoms with van der Waals surface area (Å²) in [6, 6.07) is 0. The molecule has 4 atom stereocenters. The fourth-order valence-corrected chi connectivity index (χ4v) is 4.00. The van der Waals surface area contributed by atoms with Gasteiger partial charge in [0.25, 0.3) is 0 Å². The summed E-state index contributed by atoms with van der Waals surface area (Å²) in [4.78, 5) is 56.2. The van der Waals surface area contributed by atoms with Gasteiger partial charge >= 0.3 is 17.9 Å². The van der Waals surface area contributed by atoms with Gasteiger partial charge in [0.1, 0.15) is 30.5 Å². The number of anilines is 2. The first kappa shape index (κ1) is 25.9. The van der Waals surface area contributed by atoms with Gasteiger partial charge in [-0.3, -0.25) is 23.7 Å². The zero-order chi connectivity index (χ0) is 26.1. The Bertz CT molecular complexity index is 1160. The highest BCUT2D eigenvalue weighted by atomic mass is 16.7. The zero-order valence-electron chi connectivity index (χ0n) is 20.4. The van der Waals surface area contributed by atoms with Gasteiger partial charge in [0.2, 0.25) is 5.91 Å². The zero-order valence-corrected chi connectivity index (χ0v) is 20.4. The van der Waals surface area contributed by atoms with Crippen LogP contribution in [0.2, 0.25) is 0 Å². The van der Waals surface area contributed by atoms with Gasteiger partial charge in [-0.2, -0.15) is 0 Å². The lowest BCUT2D eigenvalue weighted by molar-refractivity contribution is -0.184. The molecular formula is C22H29N5O8. The van der Waals surface area contributed by atoms with Crippen molar-refractivity contribution < 1.29 is 38.1 Å². The Morgan fingerprint density at radius 3 is 2.43 bits per heavy atom. The van der Waals surface area contributed by atoms with Crippen molar-refractivity contribution in [3.05, 3.63) is 12.5 Å². The molecule has 2 aromatic rings. The maximum absolute atomic E-state index is 12.4. The van der Waals surface area contributed by atoms with Crippen molar-refractivity contribution in [1.29, 1.82) is 0 Å². The van der Waals surface area contributed by atoms with Crippen molar-refractivity contribution in [3.63, 3.8) is 0 Å². The number of nitrogens with one attached hydrogen (secondary N) is 1. The number of nitrogen functional groups attached to an aromatic ring is 1. The van der Waals surface area contributed by atoms with Gasteiger partial charge in [0.05, 0.1) is 11.1 Å². The molecule has 0 saturated carbocycles. The second-order valence-electron chi connectivity index (χ2n) is 8.69. The number of nitrogens with two attached hydrogens (primary N) is 1. The van der Waals surface area contributed by atoms with Crippen LogP contribution >= 0.6 is 0 Å². The number of carbonyl (C=O) groups excluding carboxylic acids is 4. The van der Waals surface area contributed by atoms with Gasteiger partial charge in [0.15, 0.2) is 17.9 Å². The highest BCUT2D eigenvalue weighted by Crippen LogP contribution is 2.45. The Balaban J connectivity index is 2.18. The van der Waals surface area contributed by atoms with E-state index >= 15 is 0 Å². The number of esters is 3. The number of ether oxygens (including phenoxy) is 4. The monoisotopic (exact) mass is 491 g/mol. The Labute approximate surface area is 201 Å². The Morgan fingerprint density at radius 1 is 1.17 bits per heavy atom. The molecule has 3 rings (SSSR count). The molecule has 3 N–H and O–H groups in total. The van der Waals surface area contributed by atoms with Crippen molar-refractivity contribution in [2.75, 3.05) is 17.7 Å². The minimum absolute atomic E-state index is 0.105. The minimum atomic E-state index is -1.58. The van der Waals surface area contributed by atoms with Crippen LogP contribution in [0.1, 0.15) is 47.8 Å². The largest absolute Gasteiger partial charge is 0.463 e. The third-order valence-electron chi connectivity index (χ3n) is 5.48. The molecule has 1 amide bonds. The lowest BCUT2D eigenvalue weighted by atomic mass is 9.95. The maximum Gasteiger partial charge on any atom is 0.303 e. The Hall–Kier alpha value is -3.74. The molecule has 1 aliphatic heterocycles. The van der Waals surface area contributed by atoms with E-state index in [9.17, 15) is 19.2 Å². The lowest BCUT2D eigenvalue weighted by Gasteiger charge is -2.34. The first-order chi connectivity index (χ1) is 16.3. The number of hydrogen-bond donors (Lipinski definition) is 2. The van der Waals surface area contributed by atoms with Crippen molar-refractivity contribution in [2.45, 2.75) is 65.6 Å². The second-order valence-corrected chi connectivity index (χ2v) is 8.69. The molecule has 1 fully saturated rings. The molecule has 0 unspecified atom stereocenters. The third kappa shape index (κ3) is 5.19. The number of amides is 1. The minimum Gasteiger partial charge on any atom is -0.463 e. The maximum atomic E-state index is 12.4. The Morgan fingerprint density at radius 2 is 1.86 bits per heavy atom. The van der Waals surface area contributed by atoms with Crippen LogP contribution in [-0.2, 0) is 38.1 Å². The number of rotatable bonds is 7. The average Bonchev–Trinajstić information content (AvgIpc) is 3.22. The molecular weight excluding hydrogens is 462 g/mol. The summed E-state index contributed by atoms with van der Waals surface area (Å²) in [5.41, 5.74) is 5.12. The molecule has 0 spiro atoms. The van der Waals surface area contributed by atoms with Crippen molar-refractivity contribution in [1.82, 2.24) is 14.5 Å². The van der Waals surface area contributed by atoms with Crippen molar-refractivity contribution in [2.24, 2.45) is 5.92 Å². The van der Waals surface area contributed by atoms with Gasteiger partial charge < -0.3 is 30.0 Å². The number of carbonyl (C=O) groups is 4. The number of fused-ring (bicyclic) bond motifs is 1. The summed E-state index contributed by atoms with van der Waals surface area (Å²) >= 11 is 0. The van der Waals surface area contributed by atoms with Gasteiger partial charge in [-0.05, 0) is 6.92 Å². The number of hydrogen-bond acceptors (Lipinski definition) is 11. The number of aromatic nitrogens is 3. The summed E-state index contributed by atoms with van der Waals surface area (Å²) in [5.74, 6) is -2.38. The van der Waals surface area contributed by atoms with Crippen LogP contribution in [0.25, 0.3) is 11.0 Å². The average molecular weight is 492 g/mol. The molecule has 0 aliphatic carbocycles. The predicted molar refractivity (Wildman–Crippen MR) is 122 cm³/mol. The SMILES string of the molecule is CC(=O)OC[C@H]1O[C@@H](n2cc(NC(=O)C(C)C)c3c(N)ncnc32)[C@](C)(OC(C)=O)[C@@H]1OC(C)=O. The molecule has 2 aromatic heterocycles. The quantitative estimate of drug-likeness (QED) is 0.422. The second kappa shape index (κ2) is 9.86. The van der Waals surface area contributed by atoms with E-state index in [1.54, 1.807) is 13.8 Å². The summed E-state index contributed by atoms with van der Waals surface area (Å²) in [6.07, 6.45) is -0.472. The van der Waals surface area contributed by atoms with Crippen LogP contribution in [0.5, 0.6) is 0 Å². The van der Waals surface area contributed by atoms with E-state index in [0.717, 1.165) is 0 Å². The van der Waals surface area contributed by atoms with E-state index in [1.807, 2.05) is 0 Å². The van der Waals surface area contributed by atoms with Crippen LogP contribution in [0.4, 0.5) is 11.5 Å². The van der Waals surface area contributed by atoms with E-state index in [0.29, 0.717) is 11.1 Å². The molecule has 0 radical (unpaired) electrons. The number of nitrogens with zero attached hydrogens (tertiary/aromatic N) is 3. The van der Waals surface area contributed by atoms with Gasteiger partial charge in [-0.1, -0.05) is 13.8 Å². The highest BCUT2D eigenvalue weighted by molar-refractivity contribution is 6.05. The smallest absolute Gasteiger partial charge is 0.303 e. The summed E-state index contributed by atoms with van der Waals surface area (Å²) < 4.78 is 23.9.